The Labute approximate surface area is 165 Å². The Hall–Kier alpha value is -3.29. The Kier molecular flexibility index (Phi) is 4.77. The number of aliphatic carboxylic acids is 1. The first-order valence-corrected chi connectivity index (χ1v) is 9.31. The first-order chi connectivity index (χ1) is 13.8. The summed E-state index contributed by atoms with van der Waals surface area (Å²) in [5, 5.41) is 13.1. The van der Waals surface area contributed by atoms with Crippen molar-refractivity contribution < 1.29 is 18.7 Å². The van der Waals surface area contributed by atoms with Crippen molar-refractivity contribution >= 4 is 22.8 Å². The zero-order valence-electron chi connectivity index (χ0n) is 15.9. The summed E-state index contributed by atoms with van der Waals surface area (Å²) in [5.41, 5.74) is 2.12. The van der Waals surface area contributed by atoms with Crippen LogP contribution in [-0.2, 0) is 4.79 Å². The average Bonchev–Trinajstić information content (AvgIpc) is 3.06. The van der Waals surface area contributed by atoms with Crippen LogP contribution in [0.5, 0.6) is 0 Å². The molecule has 4 rings (SSSR count). The van der Waals surface area contributed by atoms with Crippen LogP contribution in [0, 0.1) is 30.4 Å². The molecule has 0 saturated carbocycles. The van der Waals surface area contributed by atoms with Crippen molar-refractivity contribution in [2.45, 2.75) is 26.3 Å². The number of fused-ring (bicyclic) bond motifs is 1. The molecule has 3 aromatic rings. The minimum absolute atomic E-state index is 0.0423. The molecule has 0 aromatic carbocycles. The van der Waals surface area contributed by atoms with E-state index in [2.05, 4.69) is 20.3 Å². The maximum absolute atomic E-state index is 14.7. The SMILES string of the molecule is Cc1cc(F)c(N[C@H]2C=CCC(C)[C@@H]2C(=O)O)nc1-c1c[nH]c2ncc(F)cc12. The van der Waals surface area contributed by atoms with Crippen LogP contribution < -0.4 is 5.32 Å². The number of halogens is 2. The summed E-state index contributed by atoms with van der Waals surface area (Å²) in [6, 6.07) is 2.09. The highest BCUT2D eigenvalue weighted by Gasteiger charge is 2.34. The zero-order chi connectivity index (χ0) is 20.7. The number of carbonyl (C=O) groups is 1. The number of nitrogens with zero attached hydrogens (tertiary/aromatic N) is 2. The van der Waals surface area contributed by atoms with Crippen molar-refractivity contribution in [2.24, 2.45) is 11.8 Å². The third-order valence-electron chi connectivity index (χ3n) is 5.36. The monoisotopic (exact) mass is 398 g/mol. The number of hydrogen-bond acceptors (Lipinski definition) is 4. The lowest BCUT2D eigenvalue weighted by Gasteiger charge is -2.30. The normalized spacial score (nSPS) is 21.4. The molecule has 3 atom stereocenters. The topological polar surface area (TPSA) is 90.9 Å². The highest BCUT2D eigenvalue weighted by atomic mass is 19.1. The van der Waals surface area contributed by atoms with Crippen LogP contribution in [0.4, 0.5) is 14.6 Å². The zero-order valence-corrected chi connectivity index (χ0v) is 15.9. The molecular weight excluding hydrogens is 378 g/mol. The lowest BCUT2D eigenvalue weighted by atomic mass is 9.81. The first-order valence-electron chi connectivity index (χ1n) is 9.31. The molecule has 0 amide bonds. The second-order valence-electron chi connectivity index (χ2n) is 7.41. The molecule has 3 heterocycles. The molecule has 6 nitrogen and oxygen atoms in total. The number of carboxylic acid groups (broad SMARTS) is 1. The predicted octanol–water partition coefficient (Wildman–Crippen LogP) is 4.29. The maximum Gasteiger partial charge on any atom is 0.309 e. The van der Waals surface area contributed by atoms with E-state index in [0.717, 1.165) is 6.20 Å². The Morgan fingerprint density at radius 3 is 2.90 bits per heavy atom. The minimum Gasteiger partial charge on any atom is -0.481 e. The van der Waals surface area contributed by atoms with Crippen LogP contribution in [0.3, 0.4) is 0 Å². The lowest BCUT2D eigenvalue weighted by Crippen LogP contribution is -2.39. The number of pyridine rings is 2. The fraction of sp³-hybridized carbons (Fsp3) is 0.286. The highest BCUT2D eigenvalue weighted by molar-refractivity contribution is 5.93. The van der Waals surface area contributed by atoms with Crippen molar-refractivity contribution in [1.82, 2.24) is 15.0 Å². The molecule has 0 spiro atoms. The van der Waals surface area contributed by atoms with E-state index in [4.69, 9.17) is 0 Å². The van der Waals surface area contributed by atoms with Gasteiger partial charge in [-0.2, -0.15) is 0 Å². The van der Waals surface area contributed by atoms with Gasteiger partial charge in [-0.15, -0.1) is 0 Å². The van der Waals surface area contributed by atoms with Gasteiger partial charge in [-0.3, -0.25) is 4.79 Å². The van der Waals surface area contributed by atoms with E-state index in [1.165, 1.54) is 12.1 Å². The van der Waals surface area contributed by atoms with Gasteiger partial charge in [0.15, 0.2) is 11.6 Å². The van der Waals surface area contributed by atoms with E-state index in [1.807, 2.05) is 13.0 Å². The second kappa shape index (κ2) is 7.27. The Morgan fingerprint density at radius 1 is 1.34 bits per heavy atom. The number of aryl methyl sites for hydroxylation is 1. The fourth-order valence-electron chi connectivity index (χ4n) is 3.88. The molecule has 150 valence electrons. The molecular formula is C21H20F2N4O2. The van der Waals surface area contributed by atoms with Gasteiger partial charge in [0.25, 0.3) is 0 Å². The third kappa shape index (κ3) is 3.46. The summed E-state index contributed by atoms with van der Waals surface area (Å²) in [5.74, 6) is -2.83. The van der Waals surface area contributed by atoms with Crippen molar-refractivity contribution in [2.75, 3.05) is 5.32 Å². The molecule has 3 N–H and O–H groups in total. The number of rotatable bonds is 4. The number of allylic oxidation sites excluding steroid dienone is 1. The summed E-state index contributed by atoms with van der Waals surface area (Å²) >= 11 is 0. The summed E-state index contributed by atoms with van der Waals surface area (Å²) in [6.45, 7) is 3.57. The molecule has 8 heteroatoms. The van der Waals surface area contributed by atoms with Gasteiger partial charge in [-0.1, -0.05) is 19.1 Å². The highest BCUT2D eigenvalue weighted by Crippen LogP contribution is 2.33. The van der Waals surface area contributed by atoms with Crippen LogP contribution in [-0.4, -0.2) is 32.1 Å². The van der Waals surface area contributed by atoms with E-state index < -0.39 is 29.6 Å². The van der Waals surface area contributed by atoms with Gasteiger partial charge in [0.05, 0.1) is 23.9 Å². The van der Waals surface area contributed by atoms with E-state index >= 15 is 0 Å². The molecule has 1 unspecified atom stereocenters. The molecule has 1 aliphatic carbocycles. The molecule has 0 radical (unpaired) electrons. The van der Waals surface area contributed by atoms with Crippen LogP contribution in [0.15, 0.2) is 36.7 Å². The summed E-state index contributed by atoms with van der Waals surface area (Å²) < 4.78 is 28.3. The number of H-pyrrole nitrogens is 1. The van der Waals surface area contributed by atoms with Gasteiger partial charge in [-0.25, -0.2) is 18.7 Å². The summed E-state index contributed by atoms with van der Waals surface area (Å²) in [7, 11) is 0. The number of anilines is 1. The largest absolute Gasteiger partial charge is 0.481 e. The van der Waals surface area contributed by atoms with E-state index in [1.54, 1.807) is 19.2 Å². The van der Waals surface area contributed by atoms with Crippen LogP contribution in [0.2, 0.25) is 0 Å². The van der Waals surface area contributed by atoms with Gasteiger partial charge < -0.3 is 15.4 Å². The molecule has 0 saturated heterocycles. The molecule has 1 aliphatic rings. The minimum atomic E-state index is -0.940. The number of aromatic nitrogens is 3. The molecule has 29 heavy (non-hydrogen) atoms. The summed E-state index contributed by atoms with van der Waals surface area (Å²) in [4.78, 5) is 23.1. The second-order valence-corrected chi connectivity index (χ2v) is 7.41. The predicted molar refractivity (Wildman–Crippen MR) is 105 cm³/mol. The van der Waals surface area contributed by atoms with E-state index in [-0.39, 0.29) is 11.7 Å². The quantitative estimate of drug-likeness (QED) is 0.571. The van der Waals surface area contributed by atoms with Crippen LogP contribution >= 0.6 is 0 Å². The maximum atomic E-state index is 14.7. The number of hydrogen-bond donors (Lipinski definition) is 3. The van der Waals surface area contributed by atoms with Crippen molar-refractivity contribution in [1.29, 1.82) is 0 Å². The number of carboxylic acids is 1. The van der Waals surface area contributed by atoms with Crippen molar-refractivity contribution in [3.05, 3.63) is 53.9 Å². The summed E-state index contributed by atoms with van der Waals surface area (Å²) in [6.07, 6.45) is 7.05. The van der Waals surface area contributed by atoms with Gasteiger partial charge in [0.2, 0.25) is 0 Å². The van der Waals surface area contributed by atoms with Gasteiger partial charge in [0.1, 0.15) is 11.5 Å². The van der Waals surface area contributed by atoms with Crippen molar-refractivity contribution in [3.63, 3.8) is 0 Å². The standard InChI is InChI=1S/C21H20F2N4O2/c1-10-4-3-5-16(17(10)21(28)29)26-20-15(23)6-11(2)18(27-20)14-9-25-19-13(14)7-12(22)8-24-19/h3,5-10,16-17H,4H2,1-2H3,(H,24,25)(H,26,27)(H,28,29)/t10?,16-,17-/m0/s1. The molecule has 0 fully saturated rings. The Morgan fingerprint density at radius 2 is 2.14 bits per heavy atom. The third-order valence-corrected chi connectivity index (χ3v) is 5.36. The number of nitrogens with one attached hydrogen (secondary N) is 2. The van der Waals surface area contributed by atoms with Crippen molar-refractivity contribution in [3.8, 4) is 11.3 Å². The number of aromatic amines is 1. The van der Waals surface area contributed by atoms with Gasteiger partial charge in [0, 0.05) is 17.1 Å². The van der Waals surface area contributed by atoms with E-state index in [9.17, 15) is 18.7 Å². The molecule has 0 bridgehead atoms. The smallest absolute Gasteiger partial charge is 0.309 e. The molecule has 3 aromatic heterocycles. The first kappa shape index (κ1) is 19.0. The Balaban J connectivity index is 1.76. The average molecular weight is 398 g/mol. The Bertz CT molecular complexity index is 1130. The lowest BCUT2D eigenvalue weighted by molar-refractivity contribution is -0.143. The van der Waals surface area contributed by atoms with Crippen LogP contribution in [0.1, 0.15) is 18.9 Å². The van der Waals surface area contributed by atoms with Gasteiger partial charge >= 0.3 is 5.97 Å². The van der Waals surface area contributed by atoms with Gasteiger partial charge in [-0.05, 0) is 37.0 Å². The van der Waals surface area contributed by atoms with Crippen LogP contribution in [0.25, 0.3) is 22.3 Å². The fourth-order valence-corrected chi connectivity index (χ4v) is 3.88. The molecule has 0 aliphatic heterocycles. The van der Waals surface area contributed by atoms with E-state index in [0.29, 0.717) is 34.3 Å².